The molecule has 5 heteroatoms. The molecule has 0 aliphatic heterocycles. The molecule has 1 heterocycles. The molecule has 0 aliphatic rings. The summed E-state index contributed by atoms with van der Waals surface area (Å²) in [6.45, 7) is 1.70. The lowest BCUT2D eigenvalue weighted by atomic mass is 10.1. The van der Waals surface area contributed by atoms with Crippen LogP contribution in [0.2, 0.25) is 0 Å². The minimum Gasteiger partial charge on any atom is -0.339 e. The fourth-order valence-corrected chi connectivity index (χ4v) is 1.31. The average Bonchev–Trinajstić information content (AvgIpc) is 2.65. The van der Waals surface area contributed by atoms with Crippen LogP contribution in [0.25, 0.3) is 11.4 Å². The third-order valence-electron chi connectivity index (χ3n) is 1.88. The highest BCUT2D eigenvalue weighted by Crippen LogP contribution is 2.17. The van der Waals surface area contributed by atoms with Crippen molar-refractivity contribution in [2.75, 3.05) is 0 Å². The molecule has 0 fully saturated rings. The molecule has 0 unspecified atom stereocenters. The van der Waals surface area contributed by atoms with Crippen LogP contribution >= 0.6 is 11.6 Å². The van der Waals surface area contributed by atoms with Gasteiger partial charge in [0.2, 0.25) is 11.7 Å². The lowest BCUT2D eigenvalue weighted by molar-refractivity contribution is 0.108. The Morgan fingerprint density at radius 3 is 2.87 bits per heavy atom. The Balaban J connectivity index is 2.45. The van der Waals surface area contributed by atoms with Gasteiger partial charge in [-0.3, -0.25) is 4.79 Å². The largest absolute Gasteiger partial charge is 0.339 e. The number of benzene rings is 1. The molecule has 0 N–H and O–H groups in total. The van der Waals surface area contributed by atoms with Crippen LogP contribution in [-0.2, 0) is 0 Å². The van der Waals surface area contributed by atoms with Gasteiger partial charge in [0.05, 0.1) is 0 Å². The summed E-state index contributed by atoms with van der Waals surface area (Å²) in [7, 11) is 0. The summed E-state index contributed by atoms with van der Waals surface area (Å²) in [6.07, 6.45) is 0. The Labute approximate surface area is 90.9 Å². The molecular formula is C10H7ClN2O2. The highest BCUT2D eigenvalue weighted by molar-refractivity contribution is 6.67. The summed E-state index contributed by atoms with van der Waals surface area (Å²) in [5.74, 6) is 0.930. The first kappa shape index (κ1) is 9.86. The van der Waals surface area contributed by atoms with Crippen molar-refractivity contribution < 1.29 is 9.32 Å². The van der Waals surface area contributed by atoms with Crippen molar-refractivity contribution in [2.45, 2.75) is 6.92 Å². The zero-order valence-electron chi connectivity index (χ0n) is 7.90. The van der Waals surface area contributed by atoms with Crippen LogP contribution < -0.4 is 0 Å². The smallest absolute Gasteiger partial charge is 0.252 e. The first-order valence-electron chi connectivity index (χ1n) is 4.27. The Bertz CT molecular complexity index is 508. The fourth-order valence-electron chi connectivity index (χ4n) is 1.20. The monoisotopic (exact) mass is 222 g/mol. The average molecular weight is 223 g/mol. The molecule has 2 aromatic rings. The number of halogens is 1. The number of carbonyl (C=O) groups is 1. The van der Waals surface area contributed by atoms with Gasteiger partial charge in [0, 0.05) is 18.1 Å². The second-order valence-electron chi connectivity index (χ2n) is 2.99. The first-order chi connectivity index (χ1) is 7.16. The second kappa shape index (κ2) is 3.82. The van der Waals surface area contributed by atoms with Crippen LogP contribution in [0.1, 0.15) is 16.2 Å². The summed E-state index contributed by atoms with van der Waals surface area (Å²) < 4.78 is 4.84. The van der Waals surface area contributed by atoms with E-state index in [9.17, 15) is 4.79 Å². The molecule has 0 radical (unpaired) electrons. The second-order valence-corrected chi connectivity index (χ2v) is 3.33. The highest BCUT2D eigenvalue weighted by Gasteiger charge is 2.08. The number of aryl methyl sites for hydroxylation is 1. The van der Waals surface area contributed by atoms with Crippen LogP contribution in [0.3, 0.4) is 0 Å². The van der Waals surface area contributed by atoms with Crippen molar-refractivity contribution in [1.29, 1.82) is 0 Å². The van der Waals surface area contributed by atoms with E-state index >= 15 is 0 Å². The molecule has 0 spiro atoms. The number of carbonyl (C=O) groups excluding carboxylic acids is 1. The zero-order chi connectivity index (χ0) is 10.8. The lowest BCUT2D eigenvalue weighted by Crippen LogP contribution is -1.89. The van der Waals surface area contributed by atoms with Crippen LogP contribution in [0.5, 0.6) is 0 Å². The Morgan fingerprint density at radius 1 is 1.47 bits per heavy atom. The molecular weight excluding hydrogens is 216 g/mol. The molecule has 1 aromatic carbocycles. The fraction of sp³-hybridized carbons (Fsp3) is 0.100. The van der Waals surface area contributed by atoms with E-state index in [0.717, 1.165) is 0 Å². The van der Waals surface area contributed by atoms with E-state index in [1.807, 2.05) is 0 Å². The van der Waals surface area contributed by atoms with Gasteiger partial charge < -0.3 is 4.52 Å². The minimum absolute atomic E-state index is 0.414. The van der Waals surface area contributed by atoms with Gasteiger partial charge in [0.1, 0.15) is 0 Å². The van der Waals surface area contributed by atoms with Gasteiger partial charge in [-0.1, -0.05) is 23.4 Å². The maximum absolute atomic E-state index is 10.9. The summed E-state index contributed by atoms with van der Waals surface area (Å²) in [5.41, 5.74) is 1.12. The summed E-state index contributed by atoms with van der Waals surface area (Å²) >= 11 is 5.36. The number of nitrogens with zero attached hydrogens (tertiary/aromatic N) is 2. The number of hydrogen-bond acceptors (Lipinski definition) is 4. The molecule has 15 heavy (non-hydrogen) atoms. The van der Waals surface area contributed by atoms with Crippen molar-refractivity contribution in [3.05, 3.63) is 35.7 Å². The first-order valence-corrected chi connectivity index (χ1v) is 4.65. The molecule has 4 nitrogen and oxygen atoms in total. The van der Waals surface area contributed by atoms with Crippen LogP contribution in [0.15, 0.2) is 28.8 Å². The van der Waals surface area contributed by atoms with Gasteiger partial charge in [-0.25, -0.2) is 0 Å². The van der Waals surface area contributed by atoms with E-state index in [2.05, 4.69) is 10.1 Å². The zero-order valence-corrected chi connectivity index (χ0v) is 8.65. The lowest BCUT2D eigenvalue weighted by Gasteiger charge is -1.96. The van der Waals surface area contributed by atoms with E-state index in [0.29, 0.717) is 22.8 Å². The van der Waals surface area contributed by atoms with Crippen molar-refractivity contribution >= 4 is 16.8 Å². The number of hydrogen-bond donors (Lipinski definition) is 0. The van der Waals surface area contributed by atoms with Crippen molar-refractivity contribution in [3.63, 3.8) is 0 Å². The Morgan fingerprint density at radius 2 is 2.27 bits per heavy atom. The van der Waals surface area contributed by atoms with Crippen LogP contribution in [0, 0.1) is 6.92 Å². The number of rotatable bonds is 2. The number of aromatic nitrogens is 2. The third-order valence-corrected chi connectivity index (χ3v) is 2.09. The van der Waals surface area contributed by atoms with Gasteiger partial charge in [0.25, 0.3) is 5.24 Å². The van der Waals surface area contributed by atoms with Gasteiger partial charge in [-0.2, -0.15) is 4.98 Å². The van der Waals surface area contributed by atoms with E-state index in [-0.39, 0.29) is 0 Å². The summed E-state index contributed by atoms with van der Waals surface area (Å²) in [5, 5.41) is 3.24. The Hall–Kier alpha value is -1.68. The normalized spacial score (nSPS) is 10.3. The van der Waals surface area contributed by atoms with Crippen molar-refractivity contribution in [1.82, 2.24) is 10.1 Å². The van der Waals surface area contributed by atoms with Gasteiger partial charge >= 0.3 is 0 Å². The molecule has 0 saturated heterocycles. The molecule has 0 saturated carbocycles. The molecule has 76 valence electrons. The van der Waals surface area contributed by atoms with E-state index in [1.165, 1.54) is 0 Å². The third kappa shape index (κ3) is 2.05. The van der Waals surface area contributed by atoms with Crippen LogP contribution in [-0.4, -0.2) is 15.4 Å². The SMILES string of the molecule is Cc1nc(-c2cccc(C(=O)Cl)c2)no1. The summed E-state index contributed by atoms with van der Waals surface area (Å²) in [6, 6.07) is 6.76. The molecule has 0 bridgehead atoms. The predicted molar refractivity (Wildman–Crippen MR) is 54.7 cm³/mol. The van der Waals surface area contributed by atoms with Gasteiger partial charge in [-0.05, 0) is 17.7 Å². The summed E-state index contributed by atoms with van der Waals surface area (Å²) in [4.78, 5) is 15.0. The van der Waals surface area contributed by atoms with E-state index < -0.39 is 5.24 Å². The van der Waals surface area contributed by atoms with Crippen molar-refractivity contribution in [2.24, 2.45) is 0 Å². The quantitative estimate of drug-likeness (QED) is 0.733. The van der Waals surface area contributed by atoms with Gasteiger partial charge in [0.15, 0.2) is 0 Å². The molecule has 1 aromatic heterocycles. The van der Waals surface area contributed by atoms with Crippen LogP contribution in [0.4, 0.5) is 0 Å². The predicted octanol–water partition coefficient (Wildman–Crippen LogP) is 2.42. The molecule has 2 rings (SSSR count). The Kier molecular flexibility index (Phi) is 2.51. The molecule has 0 amide bonds. The maximum Gasteiger partial charge on any atom is 0.252 e. The molecule has 0 atom stereocenters. The maximum atomic E-state index is 10.9. The van der Waals surface area contributed by atoms with E-state index in [1.54, 1.807) is 31.2 Å². The topological polar surface area (TPSA) is 56.0 Å². The standard InChI is InChI=1S/C10H7ClN2O2/c1-6-12-10(13-15-6)8-4-2-3-7(5-8)9(11)14/h2-5H,1H3. The minimum atomic E-state index is -0.503. The molecule has 0 aliphatic carbocycles. The van der Waals surface area contributed by atoms with Gasteiger partial charge in [-0.15, -0.1) is 0 Å². The van der Waals surface area contributed by atoms with Crippen molar-refractivity contribution in [3.8, 4) is 11.4 Å². The van der Waals surface area contributed by atoms with E-state index in [4.69, 9.17) is 16.1 Å². The highest BCUT2D eigenvalue weighted by atomic mass is 35.5.